The number of imidazole rings is 1. The lowest BCUT2D eigenvalue weighted by atomic mass is 10.3. The van der Waals surface area contributed by atoms with Crippen molar-refractivity contribution >= 4 is 11.8 Å². The predicted octanol–water partition coefficient (Wildman–Crippen LogP) is 0.572. The van der Waals surface area contributed by atoms with Crippen molar-refractivity contribution in [2.24, 2.45) is 12.8 Å². The van der Waals surface area contributed by atoms with Gasteiger partial charge in [0.15, 0.2) is 0 Å². The highest BCUT2D eigenvalue weighted by atomic mass is 15.3. The second-order valence-electron chi connectivity index (χ2n) is 3.19. The predicted molar refractivity (Wildman–Crippen MR) is 57.6 cm³/mol. The first-order valence-electron chi connectivity index (χ1n) is 4.70. The van der Waals surface area contributed by atoms with Gasteiger partial charge in [-0.1, -0.05) is 0 Å². The monoisotopic (exact) mass is 195 g/mol. The number of aromatic nitrogens is 2. The van der Waals surface area contributed by atoms with E-state index in [4.69, 9.17) is 11.1 Å². The van der Waals surface area contributed by atoms with E-state index in [1.165, 1.54) is 0 Å². The third-order valence-corrected chi connectivity index (χ3v) is 2.11. The van der Waals surface area contributed by atoms with E-state index < -0.39 is 0 Å². The molecule has 1 heterocycles. The summed E-state index contributed by atoms with van der Waals surface area (Å²) in [7, 11) is 1.96. The topological polar surface area (TPSA) is 70.9 Å². The molecule has 0 spiro atoms. The third kappa shape index (κ3) is 2.48. The lowest BCUT2D eigenvalue weighted by molar-refractivity contribution is 0.758. The maximum atomic E-state index is 7.17. The molecule has 0 amide bonds. The molecule has 0 aliphatic rings. The van der Waals surface area contributed by atoms with Crippen molar-refractivity contribution in [3.63, 3.8) is 0 Å². The normalized spacial score (nSPS) is 10.1. The fourth-order valence-electron chi connectivity index (χ4n) is 1.32. The minimum Gasteiger partial charge on any atom is -0.388 e. The Balaban J connectivity index is 2.63. The number of nitrogens with zero attached hydrogens (tertiary/aromatic N) is 3. The van der Waals surface area contributed by atoms with Crippen LogP contribution in [0.1, 0.15) is 13.3 Å². The number of amidine groups is 1. The Morgan fingerprint density at radius 3 is 2.86 bits per heavy atom. The Kier molecular flexibility index (Phi) is 3.50. The molecule has 0 fully saturated rings. The average molecular weight is 195 g/mol. The highest BCUT2D eigenvalue weighted by molar-refractivity contribution is 5.77. The molecule has 1 aromatic rings. The molecular weight excluding hydrogens is 178 g/mol. The van der Waals surface area contributed by atoms with Crippen LogP contribution in [0.25, 0.3) is 0 Å². The van der Waals surface area contributed by atoms with Crippen LogP contribution < -0.4 is 10.6 Å². The fraction of sp³-hybridized carbons (Fsp3) is 0.556. The highest BCUT2D eigenvalue weighted by Gasteiger charge is 2.08. The molecule has 0 saturated carbocycles. The van der Waals surface area contributed by atoms with Crippen LogP contribution in [0.4, 0.5) is 5.95 Å². The summed E-state index contributed by atoms with van der Waals surface area (Å²) < 4.78 is 1.96. The van der Waals surface area contributed by atoms with Crippen LogP contribution in [0.5, 0.6) is 0 Å². The molecule has 1 rings (SSSR count). The van der Waals surface area contributed by atoms with Gasteiger partial charge in [0.1, 0.15) is 0 Å². The number of rotatable bonds is 5. The molecule has 0 radical (unpaired) electrons. The van der Waals surface area contributed by atoms with Crippen molar-refractivity contribution in [2.75, 3.05) is 18.0 Å². The summed E-state index contributed by atoms with van der Waals surface area (Å²) in [6, 6.07) is 0. The van der Waals surface area contributed by atoms with Crippen molar-refractivity contribution < 1.29 is 0 Å². The number of hydrogen-bond acceptors (Lipinski definition) is 3. The number of nitrogens with one attached hydrogen (secondary N) is 1. The molecule has 0 aliphatic heterocycles. The minimum atomic E-state index is 0.220. The van der Waals surface area contributed by atoms with Gasteiger partial charge in [-0.3, -0.25) is 5.41 Å². The van der Waals surface area contributed by atoms with Crippen LogP contribution in [-0.4, -0.2) is 28.5 Å². The second-order valence-corrected chi connectivity index (χ2v) is 3.19. The molecular formula is C9H17N5. The molecule has 5 nitrogen and oxygen atoms in total. The summed E-state index contributed by atoms with van der Waals surface area (Å²) in [4.78, 5) is 6.34. The van der Waals surface area contributed by atoms with E-state index in [0.29, 0.717) is 6.42 Å². The highest BCUT2D eigenvalue weighted by Crippen LogP contribution is 2.09. The van der Waals surface area contributed by atoms with Crippen molar-refractivity contribution in [2.45, 2.75) is 13.3 Å². The van der Waals surface area contributed by atoms with Gasteiger partial charge in [-0.15, -0.1) is 0 Å². The molecule has 0 unspecified atom stereocenters. The van der Waals surface area contributed by atoms with E-state index in [1.807, 2.05) is 17.8 Å². The van der Waals surface area contributed by atoms with Crippen molar-refractivity contribution in [1.29, 1.82) is 5.41 Å². The zero-order chi connectivity index (χ0) is 10.6. The van der Waals surface area contributed by atoms with Crippen LogP contribution in [0.2, 0.25) is 0 Å². The SMILES string of the molecule is CCN(CCC(=N)N)c1nccn1C. The zero-order valence-corrected chi connectivity index (χ0v) is 8.70. The van der Waals surface area contributed by atoms with Gasteiger partial charge in [0.05, 0.1) is 5.84 Å². The van der Waals surface area contributed by atoms with Gasteiger partial charge in [-0.05, 0) is 6.92 Å². The van der Waals surface area contributed by atoms with Crippen LogP contribution in [0.15, 0.2) is 12.4 Å². The van der Waals surface area contributed by atoms with Gasteiger partial charge in [-0.25, -0.2) is 4.98 Å². The maximum Gasteiger partial charge on any atom is 0.205 e. The van der Waals surface area contributed by atoms with Crippen LogP contribution in [0, 0.1) is 5.41 Å². The van der Waals surface area contributed by atoms with Gasteiger partial charge in [0.25, 0.3) is 0 Å². The smallest absolute Gasteiger partial charge is 0.205 e. The molecule has 78 valence electrons. The molecule has 0 saturated heterocycles. The lowest BCUT2D eigenvalue weighted by Gasteiger charge is -2.21. The van der Waals surface area contributed by atoms with Crippen LogP contribution in [0.3, 0.4) is 0 Å². The second kappa shape index (κ2) is 4.64. The van der Waals surface area contributed by atoms with E-state index in [9.17, 15) is 0 Å². The zero-order valence-electron chi connectivity index (χ0n) is 8.70. The Hall–Kier alpha value is -1.52. The molecule has 14 heavy (non-hydrogen) atoms. The van der Waals surface area contributed by atoms with E-state index in [1.54, 1.807) is 6.20 Å². The van der Waals surface area contributed by atoms with Crippen molar-refractivity contribution in [1.82, 2.24) is 9.55 Å². The van der Waals surface area contributed by atoms with E-state index in [-0.39, 0.29) is 5.84 Å². The Labute approximate surface area is 84.0 Å². The molecule has 0 aliphatic carbocycles. The number of aryl methyl sites for hydroxylation is 1. The minimum absolute atomic E-state index is 0.220. The Morgan fingerprint density at radius 2 is 2.43 bits per heavy atom. The number of hydrogen-bond donors (Lipinski definition) is 2. The third-order valence-electron chi connectivity index (χ3n) is 2.11. The molecule has 1 aromatic heterocycles. The quantitative estimate of drug-likeness (QED) is 0.533. The first-order valence-corrected chi connectivity index (χ1v) is 4.70. The van der Waals surface area contributed by atoms with Crippen LogP contribution in [-0.2, 0) is 7.05 Å². The van der Waals surface area contributed by atoms with Gasteiger partial charge in [0.2, 0.25) is 5.95 Å². The molecule has 0 bridgehead atoms. The van der Waals surface area contributed by atoms with Crippen molar-refractivity contribution in [3.05, 3.63) is 12.4 Å². The summed E-state index contributed by atoms with van der Waals surface area (Å²) in [5.41, 5.74) is 5.32. The van der Waals surface area contributed by atoms with E-state index in [2.05, 4.69) is 16.8 Å². The van der Waals surface area contributed by atoms with Gasteiger partial charge in [0, 0.05) is 39.0 Å². The van der Waals surface area contributed by atoms with Gasteiger partial charge < -0.3 is 15.2 Å². The summed E-state index contributed by atoms with van der Waals surface area (Å²) in [5, 5.41) is 7.17. The van der Waals surface area contributed by atoms with Crippen molar-refractivity contribution in [3.8, 4) is 0 Å². The fourth-order valence-corrected chi connectivity index (χ4v) is 1.32. The summed E-state index contributed by atoms with van der Waals surface area (Å²) >= 11 is 0. The molecule has 3 N–H and O–H groups in total. The standard InChI is InChI=1S/C9H17N5/c1-3-14(6-4-8(10)11)9-12-5-7-13(9)2/h5,7H,3-4,6H2,1-2H3,(H3,10,11). The van der Waals surface area contributed by atoms with E-state index >= 15 is 0 Å². The molecule has 0 atom stereocenters. The largest absolute Gasteiger partial charge is 0.388 e. The Morgan fingerprint density at radius 1 is 1.71 bits per heavy atom. The molecule has 0 aromatic carbocycles. The summed E-state index contributed by atoms with van der Waals surface area (Å²) in [6.45, 7) is 3.68. The first-order chi connectivity index (χ1) is 6.65. The maximum absolute atomic E-state index is 7.17. The average Bonchev–Trinajstić information content (AvgIpc) is 2.53. The lowest BCUT2D eigenvalue weighted by Crippen LogP contribution is -2.29. The van der Waals surface area contributed by atoms with Crippen LogP contribution >= 0.6 is 0 Å². The number of anilines is 1. The van der Waals surface area contributed by atoms with E-state index in [0.717, 1.165) is 19.0 Å². The Bertz CT molecular complexity index is 304. The molecule has 5 heteroatoms. The van der Waals surface area contributed by atoms with Gasteiger partial charge >= 0.3 is 0 Å². The first kappa shape index (κ1) is 10.6. The van der Waals surface area contributed by atoms with Gasteiger partial charge in [-0.2, -0.15) is 0 Å². The number of nitrogens with two attached hydrogens (primary N) is 1. The summed E-state index contributed by atoms with van der Waals surface area (Å²) in [6.07, 6.45) is 4.26. The summed E-state index contributed by atoms with van der Waals surface area (Å²) in [5.74, 6) is 1.14.